The summed E-state index contributed by atoms with van der Waals surface area (Å²) in [5.74, 6) is -2.08. The number of nitrogens with one attached hydrogen (secondary N) is 1. The number of hydrogen-bond donors (Lipinski definition) is 5. The lowest BCUT2D eigenvalue weighted by Gasteiger charge is -2.11. The number of aliphatic carboxylic acids is 1. The maximum Gasteiger partial charge on any atom is 0.321 e. The molecule has 0 aliphatic carbocycles. The minimum atomic E-state index is -1.06. The molecule has 0 aliphatic heterocycles. The van der Waals surface area contributed by atoms with Gasteiger partial charge in [0.25, 0.3) is 5.91 Å². The van der Waals surface area contributed by atoms with Gasteiger partial charge in [-0.1, -0.05) is 31.2 Å². The average molecular weight is 402 g/mol. The van der Waals surface area contributed by atoms with Crippen LogP contribution in [0.4, 0.5) is 9.80 Å². The molecule has 2 rings (SSSR count). The van der Waals surface area contributed by atoms with Crippen LogP contribution in [0.25, 0.3) is 16.5 Å². The molecule has 8 nitrogen and oxygen atoms in total. The normalized spacial score (nSPS) is 13.2. The predicted molar refractivity (Wildman–Crippen MR) is 110 cm³/mol. The molecule has 0 radical (unpaired) electrons. The van der Waals surface area contributed by atoms with Crippen LogP contribution in [0.5, 0.6) is 0 Å². The van der Waals surface area contributed by atoms with Crippen molar-refractivity contribution in [2.45, 2.75) is 19.9 Å². The summed E-state index contributed by atoms with van der Waals surface area (Å²) in [5.41, 5.74) is 19.0. The Hall–Kier alpha value is -3.17. The highest BCUT2D eigenvalue weighted by Crippen LogP contribution is 2.36. The zero-order valence-electron chi connectivity index (χ0n) is 15.4. The van der Waals surface area contributed by atoms with Gasteiger partial charge in [-0.05, 0) is 35.7 Å². The second-order valence-corrected chi connectivity index (χ2v) is 7.41. The summed E-state index contributed by atoms with van der Waals surface area (Å²) >= 11 is 1.18. The van der Waals surface area contributed by atoms with Crippen LogP contribution >= 0.6 is 11.3 Å². The number of carbonyl (C=O) groups excluding carboxylic acids is 2. The summed E-state index contributed by atoms with van der Waals surface area (Å²) in [7, 11) is 0. The summed E-state index contributed by atoms with van der Waals surface area (Å²) in [6.45, 7) is 3.66. The van der Waals surface area contributed by atoms with Crippen molar-refractivity contribution in [2.24, 2.45) is 23.1 Å². The van der Waals surface area contributed by atoms with Gasteiger partial charge in [0, 0.05) is 10.8 Å². The Morgan fingerprint density at radius 2 is 1.89 bits per heavy atom. The van der Waals surface area contributed by atoms with E-state index in [0.29, 0.717) is 0 Å². The first-order valence-corrected chi connectivity index (χ1v) is 9.19. The number of anilines is 1. The van der Waals surface area contributed by atoms with Crippen LogP contribution < -0.4 is 22.5 Å². The molecule has 3 amide bonds. The van der Waals surface area contributed by atoms with Gasteiger partial charge in [-0.2, -0.15) is 0 Å². The Balaban J connectivity index is 2.38. The number of carboxylic acids is 1. The molecule has 28 heavy (non-hydrogen) atoms. The van der Waals surface area contributed by atoms with E-state index < -0.39 is 23.9 Å². The second kappa shape index (κ2) is 8.68. The highest BCUT2D eigenvalue weighted by Gasteiger charge is 2.18. The Labute approximate surface area is 166 Å². The molecule has 1 aromatic carbocycles. The third-order valence-corrected chi connectivity index (χ3v) is 5.33. The van der Waals surface area contributed by atoms with Crippen molar-refractivity contribution in [1.29, 1.82) is 0 Å². The monoisotopic (exact) mass is 402 g/mol. The van der Waals surface area contributed by atoms with Crippen LogP contribution in [0.15, 0.2) is 30.3 Å². The van der Waals surface area contributed by atoms with Gasteiger partial charge in [-0.15, -0.1) is 11.3 Å². The highest BCUT2D eigenvalue weighted by atomic mass is 32.1. The molecule has 0 spiro atoms. The number of hydrogen-bond acceptors (Lipinski definition) is 5. The maximum absolute atomic E-state index is 11.6. The highest BCUT2D eigenvalue weighted by molar-refractivity contribution is 7.20. The van der Waals surface area contributed by atoms with Crippen molar-refractivity contribution in [3.8, 4) is 10.4 Å². The van der Waals surface area contributed by atoms with E-state index in [9.17, 15) is 14.4 Å². The molecule has 0 saturated heterocycles. The number of amides is 3. The van der Waals surface area contributed by atoms with Gasteiger partial charge in [0.15, 0.2) is 0 Å². The largest absolute Gasteiger partial charge is 0.480 e. The molecular formula is C19H22N4O4S. The fourth-order valence-electron chi connectivity index (χ4n) is 2.49. The molecule has 8 N–H and O–H groups in total. The van der Waals surface area contributed by atoms with Crippen LogP contribution in [0, 0.1) is 12.8 Å². The Bertz CT molecular complexity index is 951. The van der Waals surface area contributed by atoms with E-state index in [1.165, 1.54) is 11.3 Å². The summed E-state index contributed by atoms with van der Waals surface area (Å²) in [6.07, 6.45) is 3.56. The molecule has 0 fully saturated rings. The quantitative estimate of drug-likeness (QED) is 0.479. The number of benzene rings is 1. The number of urea groups is 1. The van der Waals surface area contributed by atoms with Crippen LogP contribution in [0.1, 0.15) is 28.4 Å². The third kappa shape index (κ3) is 4.96. The van der Waals surface area contributed by atoms with Gasteiger partial charge in [-0.3, -0.25) is 14.9 Å². The molecule has 1 heterocycles. The molecule has 9 heteroatoms. The Morgan fingerprint density at radius 1 is 1.21 bits per heavy atom. The van der Waals surface area contributed by atoms with E-state index in [1.54, 1.807) is 19.1 Å². The number of nitrogens with two attached hydrogens (primary N) is 3. The van der Waals surface area contributed by atoms with Crippen molar-refractivity contribution in [3.05, 3.63) is 47.0 Å². The lowest BCUT2D eigenvalue weighted by atomic mass is 9.98. The number of rotatable bonds is 7. The van der Waals surface area contributed by atoms with E-state index in [4.69, 9.17) is 22.3 Å². The minimum absolute atomic E-state index is 0.178. The topological polar surface area (TPSA) is 162 Å². The number of aryl methyl sites for hydroxylation is 1. The van der Waals surface area contributed by atoms with E-state index in [2.05, 4.69) is 5.32 Å². The summed E-state index contributed by atoms with van der Waals surface area (Å²) in [6, 6.07) is 5.50. The first kappa shape index (κ1) is 21.1. The molecule has 0 bridgehead atoms. The van der Waals surface area contributed by atoms with Crippen LogP contribution in [0.3, 0.4) is 0 Å². The lowest BCUT2D eigenvalue weighted by molar-refractivity contribution is -0.139. The molecule has 148 valence electrons. The van der Waals surface area contributed by atoms with Gasteiger partial charge in [0.1, 0.15) is 11.0 Å². The fraction of sp³-hybridized carbons (Fsp3) is 0.211. The Kier molecular flexibility index (Phi) is 6.55. The van der Waals surface area contributed by atoms with Crippen LogP contribution in [0.2, 0.25) is 0 Å². The van der Waals surface area contributed by atoms with Crippen molar-refractivity contribution in [3.63, 3.8) is 0 Å². The second-order valence-electron chi connectivity index (χ2n) is 6.36. The molecule has 1 aromatic heterocycles. The third-order valence-electron chi connectivity index (χ3n) is 4.23. The zero-order chi connectivity index (χ0) is 21.0. The number of carbonyl (C=O) groups is 3. The van der Waals surface area contributed by atoms with Crippen molar-refractivity contribution >= 4 is 40.3 Å². The molecule has 2 aromatic rings. The minimum Gasteiger partial charge on any atom is -0.480 e. The Morgan fingerprint density at radius 3 is 2.46 bits per heavy atom. The van der Waals surface area contributed by atoms with Gasteiger partial charge in [-0.25, -0.2) is 4.79 Å². The number of primary amides is 2. The first-order chi connectivity index (χ1) is 13.1. The van der Waals surface area contributed by atoms with E-state index in [0.717, 1.165) is 21.6 Å². The SMILES string of the molecule is Cc1ccc(-c2cc(C(N)=O)c(NC(N)=O)s2)cc1/C=C/C(C)[C@H](N)C(=O)O. The van der Waals surface area contributed by atoms with E-state index in [1.807, 2.05) is 31.2 Å². The number of thiophene rings is 1. The van der Waals surface area contributed by atoms with Crippen LogP contribution in [-0.4, -0.2) is 29.1 Å². The van der Waals surface area contributed by atoms with E-state index in [-0.39, 0.29) is 16.5 Å². The lowest BCUT2D eigenvalue weighted by Crippen LogP contribution is -2.35. The molecule has 0 aliphatic rings. The molecular weight excluding hydrogens is 380 g/mol. The summed E-state index contributed by atoms with van der Waals surface area (Å²) in [5, 5.41) is 11.7. The molecule has 0 saturated carbocycles. The van der Waals surface area contributed by atoms with Gasteiger partial charge in [0.05, 0.1) is 5.56 Å². The molecule has 2 atom stereocenters. The van der Waals surface area contributed by atoms with Crippen molar-refractivity contribution in [1.82, 2.24) is 0 Å². The van der Waals surface area contributed by atoms with Gasteiger partial charge >= 0.3 is 12.0 Å². The fourth-order valence-corrected chi connectivity index (χ4v) is 3.56. The first-order valence-electron chi connectivity index (χ1n) is 8.37. The number of carboxylic acid groups (broad SMARTS) is 1. The average Bonchev–Trinajstić information content (AvgIpc) is 3.03. The zero-order valence-corrected chi connectivity index (χ0v) is 16.2. The standard InChI is InChI=1S/C19H22N4O4S/c1-9-3-6-12(7-11(9)5-4-10(2)15(20)18(25)26)14-8-13(16(21)24)17(28-14)23-19(22)27/h3-8,10,15H,20H2,1-2H3,(H2,21,24)(H,25,26)(H3,22,23,27)/b5-4+/t10?,15-/m0/s1. The van der Waals surface area contributed by atoms with Gasteiger partial charge < -0.3 is 22.3 Å². The predicted octanol–water partition coefficient (Wildman–Crippen LogP) is 2.37. The molecule has 1 unspecified atom stereocenters. The summed E-state index contributed by atoms with van der Waals surface area (Å²) in [4.78, 5) is 34.5. The van der Waals surface area contributed by atoms with Crippen molar-refractivity contribution < 1.29 is 19.5 Å². The van der Waals surface area contributed by atoms with Crippen molar-refractivity contribution in [2.75, 3.05) is 5.32 Å². The smallest absolute Gasteiger partial charge is 0.321 e. The maximum atomic E-state index is 11.6. The van der Waals surface area contributed by atoms with E-state index >= 15 is 0 Å². The van der Waals surface area contributed by atoms with Crippen LogP contribution in [-0.2, 0) is 4.79 Å². The van der Waals surface area contributed by atoms with Gasteiger partial charge in [0.2, 0.25) is 0 Å². The summed E-state index contributed by atoms with van der Waals surface area (Å²) < 4.78 is 0.